The van der Waals surface area contributed by atoms with Crippen molar-refractivity contribution in [3.8, 4) is 5.69 Å². The second kappa shape index (κ2) is 6.76. The molecule has 0 saturated heterocycles. The van der Waals surface area contributed by atoms with Crippen LogP contribution >= 0.6 is 15.9 Å². The van der Waals surface area contributed by atoms with Gasteiger partial charge in [0.1, 0.15) is 0 Å². The molecule has 0 bridgehead atoms. The molecule has 0 saturated carbocycles. The summed E-state index contributed by atoms with van der Waals surface area (Å²) in [7, 11) is 0. The predicted octanol–water partition coefficient (Wildman–Crippen LogP) is 3.77. The second-order valence-electron chi connectivity index (χ2n) is 5.93. The Morgan fingerprint density at radius 1 is 1.15 bits per heavy atom. The molecule has 7 heteroatoms. The van der Waals surface area contributed by atoms with Crippen LogP contribution in [-0.4, -0.2) is 25.1 Å². The first-order chi connectivity index (χ1) is 12.6. The third-order valence-electron chi connectivity index (χ3n) is 4.17. The first-order valence-corrected chi connectivity index (χ1v) is 8.96. The number of halogens is 1. The van der Waals surface area contributed by atoms with Gasteiger partial charge in [-0.25, -0.2) is 9.50 Å². The lowest BCUT2D eigenvalue weighted by atomic mass is 10.1. The third kappa shape index (κ3) is 3.01. The molecule has 4 rings (SSSR count). The molecule has 1 aromatic carbocycles. The topological polar surface area (TPSA) is 64.2 Å². The van der Waals surface area contributed by atoms with Crippen molar-refractivity contribution in [2.75, 3.05) is 0 Å². The third-order valence-corrected chi connectivity index (χ3v) is 4.90. The lowest BCUT2D eigenvalue weighted by Gasteiger charge is -2.15. The number of fused-ring (bicyclic) bond motifs is 1. The number of carbonyl (C=O) groups is 1. The van der Waals surface area contributed by atoms with E-state index >= 15 is 0 Å². The Bertz CT molecular complexity index is 1070. The SMILES string of the molecule is CC(NC(=O)c1nn2cccnc2c1Br)c1cccc(-n2cccc2)c1. The molecule has 0 fully saturated rings. The Hall–Kier alpha value is -2.93. The molecule has 1 atom stereocenters. The predicted molar refractivity (Wildman–Crippen MR) is 102 cm³/mol. The summed E-state index contributed by atoms with van der Waals surface area (Å²) in [6.07, 6.45) is 7.40. The highest BCUT2D eigenvalue weighted by Gasteiger charge is 2.20. The maximum Gasteiger partial charge on any atom is 0.273 e. The molecular weight excluding hydrogens is 394 g/mol. The van der Waals surface area contributed by atoms with Gasteiger partial charge in [-0.15, -0.1) is 0 Å². The summed E-state index contributed by atoms with van der Waals surface area (Å²) in [5, 5.41) is 7.31. The first kappa shape index (κ1) is 16.5. The van der Waals surface area contributed by atoms with E-state index in [4.69, 9.17) is 0 Å². The Labute approximate surface area is 158 Å². The van der Waals surface area contributed by atoms with Crippen molar-refractivity contribution in [2.24, 2.45) is 0 Å². The zero-order chi connectivity index (χ0) is 18.1. The van der Waals surface area contributed by atoms with Crippen LogP contribution in [0.25, 0.3) is 11.3 Å². The number of aromatic nitrogens is 4. The molecule has 130 valence electrons. The zero-order valence-electron chi connectivity index (χ0n) is 14.0. The molecule has 26 heavy (non-hydrogen) atoms. The van der Waals surface area contributed by atoms with Gasteiger partial charge >= 0.3 is 0 Å². The molecule has 1 N–H and O–H groups in total. The van der Waals surface area contributed by atoms with E-state index in [1.807, 2.05) is 54.2 Å². The molecule has 0 spiro atoms. The van der Waals surface area contributed by atoms with Gasteiger partial charge in [-0.05, 0) is 58.7 Å². The van der Waals surface area contributed by atoms with Gasteiger partial charge in [-0.2, -0.15) is 5.10 Å². The van der Waals surface area contributed by atoms with E-state index in [0.717, 1.165) is 11.3 Å². The smallest absolute Gasteiger partial charge is 0.273 e. The van der Waals surface area contributed by atoms with Crippen molar-refractivity contribution in [1.82, 2.24) is 24.5 Å². The molecule has 0 radical (unpaired) electrons. The number of rotatable bonds is 4. The van der Waals surface area contributed by atoms with Crippen LogP contribution in [0.5, 0.6) is 0 Å². The average molecular weight is 410 g/mol. The van der Waals surface area contributed by atoms with Crippen molar-refractivity contribution in [1.29, 1.82) is 0 Å². The highest BCUT2D eigenvalue weighted by molar-refractivity contribution is 9.10. The van der Waals surface area contributed by atoms with Crippen LogP contribution < -0.4 is 5.32 Å². The number of hydrogen-bond donors (Lipinski definition) is 1. The van der Waals surface area contributed by atoms with E-state index in [1.165, 1.54) is 0 Å². The fourth-order valence-corrected chi connectivity index (χ4v) is 3.36. The van der Waals surface area contributed by atoms with E-state index in [9.17, 15) is 4.79 Å². The lowest BCUT2D eigenvalue weighted by Crippen LogP contribution is -2.27. The van der Waals surface area contributed by atoms with Crippen molar-refractivity contribution in [3.05, 3.63) is 83.0 Å². The summed E-state index contributed by atoms with van der Waals surface area (Å²) in [5.41, 5.74) is 2.99. The first-order valence-electron chi connectivity index (χ1n) is 8.16. The van der Waals surface area contributed by atoms with Crippen LogP contribution in [0.2, 0.25) is 0 Å². The zero-order valence-corrected chi connectivity index (χ0v) is 15.6. The van der Waals surface area contributed by atoms with E-state index in [2.05, 4.69) is 37.4 Å². The molecule has 3 heterocycles. The monoisotopic (exact) mass is 409 g/mol. The number of amides is 1. The maximum atomic E-state index is 12.7. The minimum absolute atomic E-state index is 0.164. The summed E-state index contributed by atoms with van der Waals surface area (Å²) < 4.78 is 4.20. The van der Waals surface area contributed by atoms with Gasteiger partial charge in [0.05, 0.1) is 10.5 Å². The molecule has 0 aliphatic rings. The van der Waals surface area contributed by atoms with Gasteiger partial charge in [0.2, 0.25) is 0 Å². The summed E-state index contributed by atoms with van der Waals surface area (Å²) in [5.74, 6) is -0.249. The fourth-order valence-electron chi connectivity index (χ4n) is 2.81. The molecule has 0 aliphatic heterocycles. The van der Waals surface area contributed by atoms with Crippen LogP contribution in [0.4, 0.5) is 0 Å². The van der Waals surface area contributed by atoms with Crippen molar-refractivity contribution >= 4 is 27.5 Å². The maximum absolute atomic E-state index is 12.7. The molecule has 4 aromatic rings. The molecular formula is C19H16BrN5O. The molecule has 6 nitrogen and oxygen atoms in total. The quantitative estimate of drug-likeness (QED) is 0.557. The minimum atomic E-state index is -0.249. The van der Waals surface area contributed by atoms with E-state index in [-0.39, 0.29) is 11.9 Å². The van der Waals surface area contributed by atoms with Crippen LogP contribution in [-0.2, 0) is 0 Å². The van der Waals surface area contributed by atoms with E-state index in [0.29, 0.717) is 15.8 Å². The van der Waals surface area contributed by atoms with Crippen LogP contribution in [0.1, 0.15) is 29.0 Å². The second-order valence-corrected chi connectivity index (χ2v) is 6.72. The minimum Gasteiger partial charge on any atom is -0.344 e. The Kier molecular flexibility index (Phi) is 4.30. The fraction of sp³-hybridized carbons (Fsp3) is 0.105. The summed E-state index contributed by atoms with van der Waals surface area (Å²) in [6.45, 7) is 1.95. The van der Waals surface area contributed by atoms with Gasteiger partial charge in [0.25, 0.3) is 5.91 Å². The summed E-state index contributed by atoms with van der Waals surface area (Å²) >= 11 is 3.43. The Morgan fingerprint density at radius 3 is 2.73 bits per heavy atom. The van der Waals surface area contributed by atoms with Crippen molar-refractivity contribution in [2.45, 2.75) is 13.0 Å². The van der Waals surface area contributed by atoms with Gasteiger partial charge in [0, 0.05) is 30.5 Å². The molecule has 1 unspecified atom stereocenters. The number of hydrogen-bond acceptors (Lipinski definition) is 3. The standard InChI is InChI=1S/C19H16BrN5O/c1-13(14-6-4-7-15(12-14)24-9-2-3-10-24)22-19(26)17-16(20)18-21-8-5-11-25(18)23-17/h2-13H,1H3,(H,22,26). The van der Waals surface area contributed by atoms with Gasteiger partial charge in [0.15, 0.2) is 11.3 Å². The highest BCUT2D eigenvalue weighted by atomic mass is 79.9. The number of nitrogens with one attached hydrogen (secondary N) is 1. The largest absolute Gasteiger partial charge is 0.344 e. The molecule has 3 aromatic heterocycles. The average Bonchev–Trinajstić information content (AvgIpc) is 3.31. The number of benzene rings is 1. The van der Waals surface area contributed by atoms with Gasteiger partial charge < -0.3 is 9.88 Å². The van der Waals surface area contributed by atoms with E-state index < -0.39 is 0 Å². The van der Waals surface area contributed by atoms with E-state index in [1.54, 1.807) is 23.0 Å². The normalized spacial score (nSPS) is 12.2. The van der Waals surface area contributed by atoms with Crippen LogP contribution in [0, 0.1) is 0 Å². The summed E-state index contributed by atoms with van der Waals surface area (Å²) in [4.78, 5) is 16.9. The van der Waals surface area contributed by atoms with Crippen molar-refractivity contribution < 1.29 is 4.79 Å². The highest BCUT2D eigenvalue weighted by Crippen LogP contribution is 2.22. The van der Waals surface area contributed by atoms with Crippen LogP contribution in [0.3, 0.4) is 0 Å². The summed E-state index contributed by atoms with van der Waals surface area (Å²) in [6, 6.07) is 13.6. The lowest BCUT2D eigenvalue weighted by molar-refractivity contribution is 0.0933. The molecule has 1 amide bonds. The van der Waals surface area contributed by atoms with Crippen molar-refractivity contribution in [3.63, 3.8) is 0 Å². The van der Waals surface area contributed by atoms with Gasteiger partial charge in [-0.1, -0.05) is 12.1 Å². The van der Waals surface area contributed by atoms with Crippen LogP contribution in [0.15, 0.2) is 71.7 Å². The Balaban J connectivity index is 1.57. The molecule has 0 aliphatic carbocycles. The number of carbonyl (C=O) groups excluding carboxylic acids is 1. The van der Waals surface area contributed by atoms with Gasteiger partial charge in [-0.3, -0.25) is 4.79 Å². The number of nitrogens with zero attached hydrogens (tertiary/aromatic N) is 4. The Morgan fingerprint density at radius 2 is 1.96 bits per heavy atom.